The number of halogens is 1. The topological polar surface area (TPSA) is 46.1 Å². The number of hydrogen-bond acceptors (Lipinski definition) is 3. The number of hydrogen-bond donors (Lipinski definition) is 0. The van der Waals surface area contributed by atoms with Gasteiger partial charge in [0.2, 0.25) is 5.82 Å². The van der Waals surface area contributed by atoms with Crippen molar-refractivity contribution < 1.29 is 9.18 Å². The van der Waals surface area contributed by atoms with Crippen molar-refractivity contribution in [1.29, 1.82) is 0 Å². The third-order valence-corrected chi connectivity index (χ3v) is 4.53. The molecule has 138 valence electrons. The third-order valence-electron chi connectivity index (χ3n) is 4.53. The van der Waals surface area contributed by atoms with Crippen molar-refractivity contribution in [1.82, 2.24) is 14.9 Å². The summed E-state index contributed by atoms with van der Waals surface area (Å²) in [7, 11) is 1.71. The molecular weight excluding hydrogens is 353 g/mol. The Morgan fingerprint density at radius 2 is 1.57 bits per heavy atom. The van der Waals surface area contributed by atoms with Crippen LogP contribution in [0.3, 0.4) is 0 Å². The van der Waals surface area contributed by atoms with E-state index < -0.39 is 0 Å². The summed E-state index contributed by atoms with van der Waals surface area (Å²) in [5.74, 6) is -0.648. The molecule has 0 N–H and O–H groups in total. The lowest BCUT2D eigenvalue weighted by Gasteiger charge is -2.17. The van der Waals surface area contributed by atoms with Crippen LogP contribution < -0.4 is 0 Å². The molecule has 0 bridgehead atoms. The highest BCUT2D eigenvalue weighted by Crippen LogP contribution is 2.28. The first-order valence-electron chi connectivity index (χ1n) is 8.94. The van der Waals surface area contributed by atoms with Gasteiger partial charge < -0.3 is 4.90 Å². The van der Waals surface area contributed by atoms with E-state index in [1.165, 1.54) is 6.07 Å². The molecule has 3 aromatic carbocycles. The van der Waals surface area contributed by atoms with Crippen LogP contribution in [0, 0.1) is 5.82 Å². The minimum Gasteiger partial charge on any atom is -0.335 e. The van der Waals surface area contributed by atoms with E-state index in [2.05, 4.69) is 9.97 Å². The monoisotopic (exact) mass is 371 g/mol. The summed E-state index contributed by atoms with van der Waals surface area (Å²) in [4.78, 5) is 23.4. The van der Waals surface area contributed by atoms with Crippen LogP contribution in [0.5, 0.6) is 0 Å². The maximum absolute atomic E-state index is 14.4. The molecule has 0 saturated carbocycles. The Kier molecular flexibility index (Phi) is 4.81. The molecule has 4 rings (SSSR count). The van der Waals surface area contributed by atoms with Crippen LogP contribution in [0.2, 0.25) is 0 Å². The van der Waals surface area contributed by atoms with Gasteiger partial charge in [-0.15, -0.1) is 0 Å². The van der Waals surface area contributed by atoms with E-state index in [1.54, 1.807) is 36.2 Å². The first-order valence-corrected chi connectivity index (χ1v) is 8.94. The van der Waals surface area contributed by atoms with Gasteiger partial charge >= 0.3 is 0 Å². The summed E-state index contributed by atoms with van der Waals surface area (Å²) in [6.07, 6.45) is 0. The van der Waals surface area contributed by atoms with Crippen molar-refractivity contribution >= 4 is 16.8 Å². The van der Waals surface area contributed by atoms with E-state index in [0.29, 0.717) is 28.7 Å². The smallest absolute Gasteiger partial charge is 0.291 e. The van der Waals surface area contributed by atoms with Crippen LogP contribution in [0.25, 0.3) is 22.2 Å². The molecule has 1 heterocycles. The number of benzene rings is 3. The fourth-order valence-electron chi connectivity index (χ4n) is 3.13. The highest BCUT2D eigenvalue weighted by molar-refractivity contribution is 5.97. The number of rotatable bonds is 4. The van der Waals surface area contributed by atoms with Gasteiger partial charge in [-0.1, -0.05) is 60.7 Å². The van der Waals surface area contributed by atoms with Gasteiger partial charge in [0.05, 0.1) is 11.2 Å². The molecule has 0 fully saturated rings. The summed E-state index contributed by atoms with van der Waals surface area (Å²) in [6.45, 7) is 0.435. The van der Waals surface area contributed by atoms with Crippen molar-refractivity contribution in [2.75, 3.05) is 7.05 Å². The standard InChI is InChI=1S/C23H18FN3O/c1-27(15-16-9-3-2-4-10-16)23(28)22-25-20-14-8-6-12-18(20)21(26-22)17-11-5-7-13-19(17)24/h2-14H,15H2,1H3. The zero-order valence-electron chi connectivity index (χ0n) is 15.3. The van der Waals surface area contributed by atoms with Crippen LogP contribution in [0.4, 0.5) is 4.39 Å². The molecule has 28 heavy (non-hydrogen) atoms. The predicted octanol–water partition coefficient (Wildman–Crippen LogP) is 4.71. The van der Waals surface area contributed by atoms with E-state index in [-0.39, 0.29) is 17.5 Å². The van der Waals surface area contributed by atoms with Crippen molar-refractivity contribution in [3.8, 4) is 11.3 Å². The number of carbonyl (C=O) groups excluding carboxylic acids is 1. The maximum Gasteiger partial charge on any atom is 0.291 e. The highest BCUT2D eigenvalue weighted by atomic mass is 19.1. The number of amides is 1. The molecule has 0 aliphatic rings. The first-order chi connectivity index (χ1) is 13.6. The second kappa shape index (κ2) is 7.56. The highest BCUT2D eigenvalue weighted by Gasteiger charge is 2.19. The number of nitrogens with zero attached hydrogens (tertiary/aromatic N) is 3. The molecule has 4 aromatic rings. The van der Waals surface area contributed by atoms with Gasteiger partial charge in [0, 0.05) is 24.5 Å². The zero-order chi connectivity index (χ0) is 19.5. The van der Waals surface area contributed by atoms with Gasteiger partial charge in [0.15, 0.2) is 0 Å². The normalized spacial score (nSPS) is 10.8. The Labute approximate surface area is 162 Å². The lowest BCUT2D eigenvalue weighted by atomic mass is 10.1. The Balaban J connectivity index is 1.78. The van der Waals surface area contributed by atoms with E-state index in [4.69, 9.17) is 0 Å². The van der Waals surface area contributed by atoms with E-state index >= 15 is 0 Å². The predicted molar refractivity (Wildman–Crippen MR) is 107 cm³/mol. The molecule has 5 heteroatoms. The number of aromatic nitrogens is 2. The van der Waals surface area contributed by atoms with Crippen molar-refractivity contribution in [3.63, 3.8) is 0 Å². The lowest BCUT2D eigenvalue weighted by Crippen LogP contribution is -2.28. The molecular formula is C23H18FN3O. The van der Waals surface area contributed by atoms with Crippen LogP contribution in [0.1, 0.15) is 16.2 Å². The summed E-state index contributed by atoms with van der Waals surface area (Å²) in [6, 6.07) is 23.4. The summed E-state index contributed by atoms with van der Waals surface area (Å²) < 4.78 is 14.4. The van der Waals surface area contributed by atoms with Gasteiger partial charge in [-0.3, -0.25) is 4.79 Å². The minimum absolute atomic E-state index is 0.0513. The molecule has 0 saturated heterocycles. The van der Waals surface area contributed by atoms with Crippen LogP contribution in [-0.4, -0.2) is 27.8 Å². The zero-order valence-corrected chi connectivity index (χ0v) is 15.3. The Morgan fingerprint density at radius 3 is 2.36 bits per heavy atom. The Hall–Kier alpha value is -3.60. The fourth-order valence-corrected chi connectivity index (χ4v) is 3.13. The largest absolute Gasteiger partial charge is 0.335 e. The number of fused-ring (bicyclic) bond motifs is 1. The molecule has 0 aliphatic heterocycles. The van der Waals surface area contributed by atoms with E-state index in [9.17, 15) is 9.18 Å². The molecule has 4 nitrogen and oxygen atoms in total. The van der Waals surface area contributed by atoms with Gasteiger partial charge in [-0.25, -0.2) is 14.4 Å². The third kappa shape index (κ3) is 3.47. The van der Waals surface area contributed by atoms with Gasteiger partial charge in [-0.2, -0.15) is 0 Å². The van der Waals surface area contributed by atoms with Gasteiger partial charge in [-0.05, 0) is 23.8 Å². The quantitative estimate of drug-likeness (QED) is 0.522. The average Bonchev–Trinajstić information content (AvgIpc) is 2.73. The molecule has 0 radical (unpaired) electrons. The maximum atomic E-state index is 14.4. The molecule has 1 amide bonds. The Bertz CT molecular complexity index is 1140. The van der Waals surface area contributed by atoms with Crippen molar-refractivity contribution in [3.05, 3.63) is 96.1 Å². The second-order valence-electron chi connectivity index (χ2n) is 6.54. The van der Waals surface area contributed by atoms with Crippen LogP contribution >= 0.6 is 0 Å². The average molecular weight is 371 g/mol. The summed E-state index contributed by atoms with van der Waals surface area (Å²) in [5, 5.41) is 0.704. The molecule has 0 aliphatic carbocycles. The fraction of sp³-hybridized carbons (Fsp3) is 0.0870. The second-order valence-corrected chi connectivity index (χ2v) is 6.54. The number of para-hydroxylation sites is 1. The van der Waals surface area contributed by atoms with Crippen molar-refractivity contribution in [2.45, 2.75) is 6.54 Å². The SMILES string of the molecule is CN(Cc1ccccc1)C(=O)c1nc(-c2ccccc2F)c2ccccc2n1. The molecule has 0 unspecified atom stereocenters. The van der Waals surface area contributed by atoms with Crippen molar-refractivity contribution in [2.24, 2.45) is 0 Å². The van der Waals surface area contributed by atoms with E-state index in [1.807, 2.05) is 48.5 Å². The molecule has 1 aromatic heterocycles. The lowest BCUT2D eigenvalue weighted by molar-refractivity contribution is 0.0773. The minimum atomic E-state index is -0.387. The van der Waals surface area contributed by atoms with Crippen LogP contribution in [0.15, 0.2) is 78.9 Å². The Morgan fingerprint density at radius 1 is 0.893 bits per heavy atom. The molecule has 0 atom stereocenters. The van der Waals surface area contributed by atoms with Gasteiger partial charge in [0.1, 0.15) is 5.82 Å². The number of carbonyl (C=O) groups is 1. The molecule has 0 spiro atoms. The first kappa shape index (κ1) is 17.8. The van der Waals surface area contributed by atoms with E-state index in [0.717, 1.165) is 5.56 Å². The summed E-state index contributed by atoms with van der Waals surface area (Å²) in [5.41, 5.74) is 2.38. The van der Waals surface area contributed by atoms with Crippen LogP contribution in [-0.2, 0) is 6.54 Å². The summed E-state index contributed by atoms with van der Waals surface area (Å²) >= 11 is 0. The van der Waals surface area contributed by atoms with Gasteiger partial charge in [0.25, 0.3) is 5.91 Å².